The van der Waals surface area contributed by atoms with Crippen LogP contribution in [0.4, 0.5) is 5.82 Å². The molecule has 4 heteroatoms. The zero-order valence-corrected chi connectivity index (χ0v) is 11.0. The largest absolute Gasteiger partial charge is 0.493 e. The van der Waals surface area contributed by atoms with Crippen LogP contribution >= 0.6 is 11.3 Å². The summed E-state index contributed by atoms with van der Waals surface area (Å²) >= 11 is 1.82. The lowest BCUT2D eigenvalue weighted by molar-refractivity contribution is 0.322. The van der Waals surface area contributed by atoms with Crippen LogP contribution in [-0.2, 0) is 12.8 Å². The van der Waals surface area contributed by atoms with Crippen molar-refractivity contribution in [3.05, 3.63) is 40.2 Å². The fraction of sp³-hybridized carbons (Fsp3) is 0.357. The second-order valence-electron chi connectivity index (χ2n) is 4.32. The number of ether oxygens (including phenoxy) is 1. The van der Waals surface area contributed by atoms with E-state index in [1.165, 1.54) is 22.7 Å². The van der Waals surface area contributed by atoms with Crippen LogP contribution in [0.1, 0.15) is 16.3 Å². The summed E-state index contributed by atoms with van der Waals surface area (Å²) in [6.45, 7) is 1.74. The highest BCUT2D eigenvalue weighted by atomic mass is 32.1. The summed E-state index contributed by atoms with van der Waals surface area (Å²) in [5.74, 6) is 2.03. The van der Waals surface area contributed by atoms with Crippen LogP contribution in [0.5, 0.6) is 5.75 Å². The van der Waals surface area contributed by atoms with E-state index in [2.05, 4.69) is 10.3 Å². The summed E-state index contributed by atoms with van der Waals surface area (Å²) < 4.78 is 5.69. The predicted octanol–water partition coefficient (Wildman–Crippen LogP) is 3.12. The Kier molecular flexibility index (Phi) is 3.46. The van der Waals surface area contributed by atoms with Gasteiger partial charge < -0.3 is 10.1 Å². The molecule has 0 radical (unpaired) electrons. The Morgan fingerprint density at radius 1 is 1.28 bits per heavy atom. The van der Waals surface area contributed by atoms with Crippen molar-refractivity contribution in [2.24, 2.45) is 0 Å². The van der Waals surface area contributed by atoms with Gasteiger partial charge in [0.05, 0.1) is 11.6 Å². The van der Waals surface area contributed by atoms with Crippen molar-refractivity contribution in [1.82, 2.24) is 4.98 Å². The molecular formula is C14H16N2OS. The molecule has 3 rings (SSSR count). The first kappa shape index (κ1) is 11.5. The first-order chi connectivity index (χ1) is 8.92. The summed E-state index contributed by atoms with van der Waals surface area (Å²) in [6.07, 6.45) is 3.27. The molecule has 1 aromatic carbocycles. The smallest absolute Gasteiger partial charge is 0.140 e. The Morgan fingerprint density at radius 3 is 3.00 bits per heavy atom. The number of benzene rings is 1. The fourth-order valence-electron chi connectivity index (χ4n) is 2.04. The molecule has 0 atom stereocenters. The highest BCUT2D eigenvalue weighted by Crippen LogP contribution is 2.27. The third kappa shape index (κ3) is 2.64. The first-order valence-corrected chi connectivity index (χ1v) is 7.14. The molecule has 2 heterocycles. The van der Waals surface area contributed by atoms with Gasteiger partial charge in [-0.15, -0.1) is 11.3 Å². The van der Waals surface area contributed by atoms with Crippen LogP contribution in [0.15, 0.2) is 30.3 Å². The van der Waals surface area contributed by atoms with Gasteiger partial charge in [0.1, 0.15) is 11.6 Å². The number of thiazole rings is 1. The van der Waals surface area contributed by atoms with Crippen LogP contribution < -0.4 is 10.1 Å². The molecule has 94 valence electrons. The lowest BCUT2D eigenvalue weighted by atomic mass is 10.2. The van der Waals surface area contributed by atoms with Crippen molar-refractivity contribution in [3.8, 4) is 5.75 Å². The third-order valence-corrected chi connectivity index (χ3v) is 4.12. The van der Waals surface area contributed by atoms with Crippen LogP contribution in [0, 0.1) is 0 Å². The number of nitrogens with one attached hydrogen (secondary N) is 1. The third-order valence-electron chi connectivity index (χ3n) is 2.94. The van der Waals surface area contributed by atoms with E-state index in [1.807, 2.05) is 41.7 Å². The minimum atomic E-state index is 0.691. The molecule has 0 spiro atoms. The summed E-state index contributed by atoms with van der Waals surface area (Å²) in [7, 11) is 0. The van der Waals surface area contributed by atoms with Gasteiger partial charge in [-0.2, -0.15) is 0 Å². The minimum absolute atomic E-state index is 0.691. The highest BCUT2D eigenvalue weighted by Gasteiger charge is 2.14. The highest BCUT2D eigenvalue weighted by molar-refractivity contribution is 7.12. The summed E-state index contributed by atoms with van der Waals surface area (Å²) in [5, 5.41) is 4.52. The number of para-hydroxylation sites is 1. The van der Waals surface area contributed by atoms with Crippen molar-refractivity contribution >= 4 is 17.2 Å². The summed E-state index contributed by atoms with van der Waals surface area (Å²) in [4.78, 5) is 6.01. The summed E-state index contributed by atoms with van der Waals surface area (Å²) in [6, 6.07) is 9.93. The molecule has 0 saturated carbocycles. The molecule has 0 saturated heterocycles. The maximum absolute atomic E-state index is 5.69. The monoisotopic (exact) mass is 260 g/mol. The van der Waals surface area contributed by atoms with Gasteiger partial charge in [0, 0.05) is 17.8 Å². The predicted molar refractivity (Wildman–Crippen MR) is 74.6 cm³/mol. The van der Waals surface area contributed by atoms with Gasteiger partial charge >= 0.3 is 0 Å². The van der Waals surface area contributed by atoms with Crippen molar-refractivity contribution in [1.29, 1.82) is 0 Å². The van der Waals surface area contributed by atoms with Gasteiger partial charge in [-0.1, -0.05) is 18.2 Å². The quantitative estimate of drug-likeness (QED) is 0.917. The molecule has 2 aromatic rings. The number of anilines is 1. The zero-order chi connectivity index (χ0) is 12.2. The fourth-order valence-corrected chi connectivity index (χ4v) is 3.11. The normalized spacial score (nSPS) is 13.8. The van der Waals surface area contributed by atoms with Gasteiger partial charge in [0.2, 0.25) is 0 Å². The lowest BCUT2D eigenvalue weighted by Crippen LogP contribution is -2.10. The standard InChI is InChI=1S/C14H16N2OS/c1-2-5-11(6-3-1)17-10-8-13-16-14-12(18-13)7-4-9-15-14/h1-3,5-6,15H,4,7-10H2. The molecule has 0 fully saturated rings. The molecule has 0 bridgehead atoms. The Bertz CT molecular complexity index is 486. The number of nitrogens with zero attached hydrogens (tertiary/aromatic N) is 1. The molecule has 0 unspecified atom stereocenters. The van der Waals surface area contributed by atoms with E-state index >= 15 is 0 Å². The SMILES string of the molecule is c1ccc(OCCc2nc3c(s2)CCCN3)cc1. The molecule has 0 amide bonds. The average molecular weight is 260 g/mol. The first-order valence-electron chi connectivity index (χ1n) is 6.32. The molecule has 1 N–H and O–H groups in total. The maximum Gasteiger partial charge on any atom is 0.140 e. The van der Waals surface area contributed by atoms with E-state index in [1.54, 1.807) is 0 Å². The van der Waals surface area contributed by atoms with E-state index in [4.69, 9.17) is 4.74 Å². The van der Waals surface area contributed by atoms with Gasteiger partial charge in [-0.3, -0.25) is 0 Å². The molecule has 0 aliphatic carbocycles. The minimum Gasteiger partial charge on any atom is -0.493 e. The maximum atomic E-state index is 5.69. The summed E-state index contributed by atoms with van der Waals surface area (Å²) in [5.41, 5.74) is 0. The molecule has 18 heavy (non-hydrogen) atoms. The average Bonchev–Trinajstić information content (AvgIpc) is 2.82. The molecular weight excluding hydrogens is 244 g/mol. The van der Waals surface area contributed by atoms with Gasteiger partial charge in [0.25, 0.3) is 0 Å². The van der Waals surface area contributed by atoms with Crippen LogP contribution in [0.25, 0.3) is 0 Å². The second kappa shape index (κ2) is 5.40. The second-order valence-corrected chi connectivity index (χ2v) is 5.49. The van der Waals surface area contributed by atoms with Crippen molar-refractivity contribution in [3.63, 3.8) is 0 Å². The van der Waals surface area contributed by atoms with E-state index in [-0.39, 0.29) is 0 Å². The van der Waals surface area contributed by atoms with E-state index < -0.39 is 0 Å². The van der Waals surface area contributed by atoms with Crippen LogP contribution in [-0.4, -0.2) is 18.1 Å². The van der Waals surface area contributed by atoms with Gasteiger partial charge in [0.15, 0.2) is 0 Å². The van der Waals surface area contributed by atoms with Crippen molar-refractivity contribution < 1.29 is 4.74 Å². The molecule has 1 aliphatic rings. The van der Waals surface area contributed by atoms with Crippen LogP contribution in [0.2, 0.25) is 0 Å². The van der Waals surface area contributed by atoms with Crippen molar-refractivity contribution in [2.75, 3.05) is 18.5 Å². The Morgan fingerprint density at radius 2 is 2.17 bits per heavy atom. The molecule has 1 aromatic heterocycles. The zero-order valence-electron chi connectivity index (χ0n) is 10.2. The Hall–Kier alpha value is -1.55. The topological polar surface area (TPSA) is 34.1 Å². The van der Waals surface area contributed by atoms with Crippen molar-refractivity contribution in [2.45, 2.75) is 19.3 Å². The van der Waals surface area contributed by atoms with Crippen LogP contribution in [0.3, 0.4) is 0 Å². The van der Waals surface area contributed by atoms with E-state index in [0.29, 0.717) is 6.61 Å². The van der Waals surface area contributed by atoms with Gasteiger partial charge in [-0.05, 0) is 25.0 Å². The Labute approximate surface area is 111 Å². The number of aromatic nitrogens is 1. The number of hydrogen-bond donors (Lipinski definition) is 1. The number of aryl methyl sites for hydroxylation is 1. The molecule has 1 aliphatic heterocycles. The lowest BCUT2D eigenvalue weighted by Gasteiger charge is -2.10. The van der Waals surface area contributed by atoms with E-state index in [0.717, 1.165) is 24.5 Å². The Balaban J connectivity index is 1.55. The van der Waals surface area contributed by atoms with Gasteiger partial charge in [-0.25, -0.2) is 4.98 Å². The number of fused-ring (bicyclic) bond motifs is 1. The molecule has 3 nitrogen and oxygen atoms in total. The van der Waals surface area contributed by atoms with E-state index in [9.17, 15) is 0 Å². The number of rotatable bonds is 4. The number of hydrogen-bond acceptors (Lipinski definition) is 4.